The molecule has 7 nitrogen and oxygen atoms in total. The Labute approximate surface area is 186 Å². The molecule has 4 N–H and O–H groups in total. The predicted molar refractivity (Wildman–Crippen MR) is 125 cm³/mol. The molecule has 4 aromatic rings. The predicted octanol–water partition coefficient (Wildman–Crippen LogP) is 3.50. The van der Waals surface area contributed by atoms with E-state index >= 15 is 0 Å². The molecule has 162 valence electrons. The average molecular weight is 428 g/mol. The zero-order valence-electron chi connectivity index (χ0n) is 18.0. The number of hydrogen-bond acceptors (Lipinski definition) is 5. The summed E-state index contributed by atoms with van der Waals surface area (Å²) in [6, 6.07) is 16.5. The fourth-order valence-corrected chi connectivity index (χ4v) is 3.68. The van der Waals surface area contributed by atoms with E-state index in [0.717, 1.165) is 33.4 Å². The van der Waals surface area contributed by atoms with Crippen molar-refractivity contribution in [3.63, 3.8) is 0 Å². The summed E-state index contributed by atoms with van der Waals surface area (Å²) in [5.41, 5.74) is 11.9. The minimum absolute atomic E-state index is 0.184. The van der Waals surface area contributed by atoms with Gasteiger partial charge in [0, 0.05) is 41.7 Å². The Morgan fingerprint density at radius 1 is 1.09 bits per heavy atom. The van der Waals surface area contributed by atoms with Gasteiger partial charge in [0.25, 0.3) is 5.91 Å². The number of hydrogen-bond donors (Lipinski definition) is 3. The lowest BCUT2D eigenvalue weighted by atomic mass is 9.97. The number of pyridine rings is 1. The van der Waals surface area contributed by atoms with Gasteiger partial charge in [-0.15, -0.1) is 0 Å². The first-order valence-corrected chi connectivity index (χ1v) is 10.3. The number of benzene rings is 2. The zero-order chi connectivity index (χ0) is 22.7. The van der Waals surface area contributed by atoms with Crippen molar-refractivity contribution < 1.29 is 9.90 Å². The van der Waals surface area contributed by atoms with Gasteiger partial charge in [-0.25, -0.2) is 4.98 Å². The maximum absolute atomic E-state index is 12.9. The second-order valence-electron chi connectivity index (χ2n) is 7.71. The standard InChI is InChI=1S/C25H25N5O2/c1-16-10-18(22-11-19(12-27-24(22)26)20-13-28-30(2)14-20)8-9-21(16)25(32)29-23(15-31)17-6-4-3-5-7-17/h3-14,23,31H,15H2,1-2H3,(H2,26,27)(H,29,32)/t23-/m1/s1. The molecule has 2 aromatic heterocycles. The molecule has 0 bridgehead atoms. The number of aryl methyl sites for hydroxylation is 2. The second kappa shape index (κ2) is 9.03. The van der Waals surface area contributed by atoms with Gasteiger partial charge in [-0.3, -0.25) is 9.48 Å². The van der Waals surface area contributed by atoms with E-state index in [9.17, 15) is 9.90 Å². The minimum atomic E-state index is -0.473. The highest BCUT2D eigenvalue weighted by atomic mass is 16.3. The fraction of sp³-hybridized carbons (Fsp3) is 0.160. The lowest BCUT2D eigenvalue weighted by Gasteiger charge is -2.18. The number of aliphatic hydroxyl groups is 1. The van der Waals surface area contributed by atoms with Gasteiger partial charge in [0.05, 0.1) is 18.8 Å². The van der Waals surface area contributed by atoms with Gasteiger partial charge in [0.15, 0.2) is 0 Å². The quantitative estimate of drug-likeness (QED) is 0.437. The van der Waals surface area contributed by atoms with Crippen LogP contribution in [-0.4, -0.2) is 32.4 Å². The Morgan fingerprint density at radius 3 is 2.53 bits per heavy atom. The van der Waals surface area contributed by atoms with Crippen LogP contribution >= 0.6 is 0 Å². The van der Waals surface area contributed by atoms with Gasteiger partial charge in [-0.2, -0.15) is 5.10 Å². The Morgan fingerprint density at radius 2 is 1.88 bits per heavy atom. The molecule has 0 unspecified atom stereocenters. The van der Waals surface area contributed by atoms with Gasteiger partial charge in [-0.1, -0.05) is 42.5 Å². The van der Waals surface area contributed by atoms with Crippen LogP contribution in [0.25, 0.3) is 22.3 Å². The highest BCUT2D eigenvalue weighted by Crippen LogP contribution is 2.30. The molecule has 0 aliphatic rings. The van der Waals surface area contributed by atoms with Crippen molar-refractivity contribution in [1.82, 2.24) is 20.1 Å². The van der Waals surface area contributed by atoms with E-state index in [1.807, 2.05) is 68.7 Å². The summed E-state index contributed by atoms with van der Waals surface area (Å²) in [6.45, 7) is 1.69. The van der Waals surface area contributed by atoms with Gasteiger partial charge in [-0.05, 0) is 35.7 Å². The van der Waals surface area contributed by atoms with E-state index in [0.29, 0.717) is 11.4 Å². The number of nitrogens with one attached hydrogen (secondary N) is 1. The third kappa shape index (κ3) is 4.38. The maximum Gasteiger partial charge on any atom is 0.252 e. The molecular formula is C25H25N5O2. The van der Waals surface area contributed by atoms with Crippen LogP contribution in [0, 0.1) is 6.92 Å². The number of nitrogens with zero attached hydrogens (tertiary/aromatic N) is 3. The SMILES string of the molecule is Cc1cc(-c2cc(-c3cnn(C)c3)cnc2N)ccc1C(=O)N[C@H](CO)c1ccccc1. The molecule has 0 saturated carbocycles. The van der Waals surface area contributed by atoms with E-state index in [1.165, 1.54) is 0 Å². The molecule has 0 radical (unpaired) electrons. The molecule has 4 rings (SSSR count). The Kier molecular flexibility index (Phi) is 6.00. The number of rotatable bonds is 6. The zero-order valence-corrected chi connectivity index (χ0v) is 18.0. The second-order valence-corrected chi connectivity index (χ2v) is 7.71. The summed E-state index contributed by atoms with van der Waals surface area (Å²) in [6.07, 6.45) is 5.42. The van der Waals surface area contributed by atoms with Crippen molar-refractivity contribution in [3.8, 4) is 22.3 Å². The van der Waals surface area contributed by atoms with E-state index in [2.05, 4.69) is 15.4 Å². The smallest absolute Gasteiger partial charge is 0.252 e. The number of aliphatic hydroxyl groups excluding tert-OH is 1. The molecule has 2 aromatic carbocycles. The van der Waals surface area contributed by atoms with Crippen LogP contribution in [-0.2, 0) is 7.05 Å². The van der Waals surface area contributed by atoms with Gasteiger partial charge in [0.2, 0.25) is 0 Å². The first-order chi connectivity index (χ1) is 15.5. The molecule has 1 amide bonds. The van der Waals surface area contributed by atoms with Crippen molar-refractivity contribution in [1.29, 1.82) is 0 Å². The molecule has 0 fully saturated rings. The average Bonchev–Trinajstić information content (AvgIpc) is 3.24. The molecular weight excluding hydrogens is 402 g/mol. The number of carbonyl (C=O) groups excluding carboxylic acids is 1. The topological polar surface area (TPSA) is 106 Å². The summed E-state index contributed by atoms with van der Waals surface area (Å²) >= 11 is 0. The first kappa shape index (κ1) is 21.3. The number of aromatic nitrogens is 3. The molecule has 0 aliphatic heterocycles. The number of anilines is 1. The molecule has 2 heterocycles. The van der Waals surface area contributed by atoms with Crippen LogP contribution < -0.4 is 11.1 Å². The van der Waals surface area contributed by atoms with E-state index in [-0.39, 0.29) is 12.5 Å². The lowest BCUT2D eigenvalue weighted by molar-refractivity contribution is 0.0915. The number of carbonyl (C=O) groups is 1. The fourth-order valence-electron chi connectivity index (χ4n) is 3.68. The van der Waals surface area contributed by atoms with Crippen LogP contribution in [0.2, 0.25) is 0 Å². The molecule has 1 atom stereocenters. The summed E-state index contributed by atoms with van der Waals surface area (Å²) in [4.78, 5) is 17.2. The van der Waals surface area contributed by atoms with Gasteiger partial charge in [0.1, 0.15) is 5.82 Å². The third-order valence-corrected chi connectivity index (χ3v) is 5.43. The summed E-state index contributed by atoms with van der Waals surface area (Å²) in [5.74, 6) is 0.172. The Hall–Kier alpha value is -3.97. The van der Waals surface area contributed by atoms with Crippen molar-refractivity contribution in [3.05, 3.63) is 89.9 Å². The third-order valence-electron chi connectivity index (χ3n) is 5.43. The highest BCUT2D eigenvalue weighted by Gasteiger charge is 2.17. The highest BCUT2D eigenvalue weighted by molar-refractivity contribution is 5.96. The Balaban J connectivity index is 1.60. The summed E-state index contributed by atoms with van der Waals surface area (Å²) in [5, 5.41) is 16.9. The van der Waals surface area contributed by atoms with Crippen LogP contribution in [0.1, 0.15) is 27.5 Å². The van der Waals surface area contributed by atoms with Crippen molar-refractivity contribution in [2.24, 2.45) is 7.05 Å². The van der Waals surface area contributed by atoms with E-state index < -0.39 is 6.04 Å². The van der Waals surface area contributed by atoms with Gasteiger partial charge < -0.3 is 16.2 Å². The van der Waals surface area contributed by atoms with Crippen molar-refractivity contribution >= 4 is 11.7 Å². The summed E-state index contributed by atoms with van der Waals surface area (Å²) < 4.78 is 1.73. The molecule has 0 spiro atoms. The minimum Gasteiger partial charge on any atom is -0.394 e. The van der Waals surface area contributed by atoms with Gasteiger partial charge >= 0.3 is 0 Å². The summed E-state index contributed by atoms with van der Waals surface area (Å²) in [7, 11) is 1.86. The number of nitrogen functional groups attached to an aromatic ring is 1. The van der Waals surface area contributed by atoms with Crippen molar-refractivity contribution in [2.75, 3.05) is 12.3 Å². The monoisotopic (exact) mass is 427 g/mol. The van der Waals surface area contributed by atoms with Crippen LogP contribution in [0.5, 0.6) is 0 Å². The molecule has 0 saturated heterocycles. The van der Waals surface area contributed by atoms with Crippen LogP contribution in [0.15, 0.2) is 73.2 Å². The van der Waals surface area contributed by atoms with Crippen LogP contribution in [0.3, 0.4) is 0 Å². The van der Waals surface area contributed by atoms with Crippen molar-refractivity contribution in [2.45, 2.75) is 13.0 Å². The lowest BCUT2D eigenvalue weighted by Crippen LogP contribution is -2.31. The normalized spacial score (nSPS) is 11.8. The van der Waals surface area contributed by atoms with E-state index in [4.69, 9.17) is 5.73 Å². The molecule has 32 heavy (non-hydrogen) atoms. The largest absolute Gasteiger partial charge is 0.394 e. The van der Waals surface area contributed by atoms with E-state index in [1.54, 1.807) is 23.1 Å². The maximum atomic E-state index is 12.9. The number of nitrogens with two attached hydrogens (primary N) is 1. The van der Waals surface area contributed by atoms with Crippen LogP contribution in [0.4, 0.5) is 5.82 Å². The first-order valence-electron chi connectivity index (χ1n) is 10.3. The Bertz CT molecular complexity index is 1250. The number of amides is 1. The molecule has 7 heteroatoms. The molecule has 0 aliphatic carbocycles.